The van der Waals surface area contributed by atoms with Gasteiger partial charge in [-0.15, -0.1) is 0 Å². The molecule has 120 valence electrons. The summed E-state index contributed by atoms with van der Waals surface area (Å²) < 4.78 is 0. The van der Waals surface area contributed by atoms with E-state index in [-0.39, 0.29) is 5.91 Å². The molecule has 0 spiro atoms. The Kier molecular flexibility index (Phi) is 5.09. The van der Waals surface area contributed by atoms with Gasteiger partial charge in [-0.05, 0) is 30.9 Å². The van der Waals surface area contributed by atoms with Crippen molar-refractivity contribution in [2.24, 2.45) is 0 Å². The molecular formula is C20H24N2O. The van der Waals surface area contributed by atoms with E-state index in [9.17, 15) is 4.79 Å². The molecular weight excluding hydrogens is 284 g/mol. The topological polar surface area (TPSA) is 32.3 Å². The summed E-state index contributed by atoms with van der Waals surface area (Å²) in [4.78, 5) is 14.6. The Hall–Kier alpha value is -2.13. The van der Waals surface area contributed by atoms with Crippen molar-refractivity contribution in [1.29, 1.82) is 0 Å². The van der Waals surface area contributed by atoms with E-state index in [1.54, 1.807) is 0 Å². The Bertz CT molecular complexity index is 632. The van der Waals surface area contributed by atoms with Crippen molar-refractivity contribution >= 4 is 5.91 Å². The van der Waals surface area contributed by atoms with E-state index in [0.29, 0.717) is 19.1 Å². The molecule has 0 unspecified atom stereocenters. The van der Waals surface area contributed by atoms with E-state index in [4.69, 9.17) is 0 Å². The van der Waals surface area contributed by atoms with Gasteiger partial charge in [-0.2, -0.15) is 0 Å². The van der Waals surface area contributed by atoms with Crippen molar-refractivity contribution in [2.75, 3.05) is 6.54 Å². The molecule has 0 atom stereocenters. The molecule has 0 radical (unpaired) electrons. The van der Waals surface area contributed by atoms with Crippen LogP contribution in [0.4, 0.5) is 0 Å². The Morgan fingerprint density at radius 3 is 2.39 bits per heavy atom. The van der Waals surface area contributed by atoms with Crippen LogP contribution in [0.5, 0.6) is 0 Å². The van der Waals surface area contributed by atoms with Gasteiger partial charge in [-0.1, -0.05) is 60.2 Å². The molecule has 0 heterocycles. The monoisotopic (exact) mass is 308 g/mol. The van der Waals surface area contributed by atoms with Gasteiger partial charge in [0, 0.05) is 19.1 Å². The fraction of sp³-hybridized carbons (Fsp3) is 0.350. The van der Waals surface area contributed by atoms with Crippen molar-refractivity contribution in [2.45, 2.75) is 38.9 Å². The molecule has 3 heteroatoms. The molecule has 1 fully saturated rings. The van der Waals surface area contributed by atoms with Gasteiger partial charge in [-0.3, -0.25) is 9.69 Å². The van der Waals surface area contributed by atoms with E-state index in [2.05, 4.69) is 65.7 Å². The molecule has 23 heavy (non-hydrogen) atoms. The van der Waals surface area contributed by atoms with Crippen LogP contribution in [0.25, 0.3) is 0 Å². The normalized spacial score (nSPS) is 14.0. The Balaban J connectivity index is 1.51. The molecule has 1 aliphatic carbocycles. The van der Waals surface area contributed by atoms with Gasteiger partial charge in [-0.25, -0.2) is 0 Å². The first-order valence-corrected chi connectivity index (χ1v) is 8.31. The average molecular weight is 308 g/mol. The summed E-state index contributed by atoms with van der Waals surface area (Å²) >= 11 is 0. The van der Waals surface area contributed by atoms with Gasteiger partial charge in [0.1, 0.15) is 0 Å². The smallest absolute Gasteiger partial charge is 0.234 e. The molecule has 0 aliphatic heterocycles. The quantitative estimate of drug-likeness (QED) is 0.851. The van der Waals surface area contributed by atoms with E-state index < -0.39 is 0 Å². The lowest BCUT2D eigenvalue weighted by Gasteiger charge is -2.21. The predicted octanol–water partition coefficient (Wildman–Crippen LogP) is 3.28. The number of aryl methyl sites for hydroxylation is 1. The number of carbonyl (C=O) groups is 1. The van der Waals surface area contributed by atoms with Crippen molar-refractivity contribution in [3.63, 3.8) is 0 Å². The standard InChI is InChI=1S/C20H24N2O/c1-16-7-9-17(10-8-16)13-21-20(23)15-22(19-11-12-19)14-18-5-3-2-4-6-18/h2-10,19H,11-15H2,1H3,(H,21,23). The van der Waals surface area contributed by atoms with Crippen molar-refractivity contribution in [3.05, 3.63) is 71.3 Å². The maximum Gasteiger partial charge on any atom is 0.234 e. The second-order valence-corrected chi connectivity index (χ2v) is 6.38. The molecule has 2 aromatic rings. The number of nitrogens with zero attached hydrogens (tertiary/aromatic N) is 1. The third kappa shape index (κ3) is 4.93. The third-order valence-corrected chi connectivity index (χ3v) is 4.25. The number of benzene rings is 2. The highest BCUT2D eigenvalue weighted by atomic mass is 16.2. The van der Waals surface area contributed by atoms with E-state index in [1.165, 1.54) is 24.0 Å². The summed E-state index contributed by atoms with van der Waals surface area (Å²) in [5, 5.41) is 3.04. The number of carbonyl (C=O) groups excluding carboxylic acids is 1. The minimum absolute atomic E-state index is 0.105. The van der Waals surface area contributed by atoms with E-state index >= 15 is 0 Å². The first kappa shape index (κ1) is 15.8. The lowest BCUT2D eigenvalue weighted by Crippen LogP contribution is -2.37. The van der Waals surface area contributed by atoms with Crippen LogP contribution in [0.15, 0.2) is 54.6 Å². The van der Waals surface area contributed by atoms with Gasteiger partial charge in [0.05, 0.1) is 6.54 Å². The average Bonchev–Trinajstić information content (AvgIpc) is 3.40. The summed E-state index contributed by atoms with van der Waals surface area (Å²) in [6, 6.07) is 19.2. The molecule has 0 bridgehead atoms. The third-order valence-electron chi connectivity index (χ3n) is 4.25. The maximum absolute atomic E-state index is 12.3. The highest BCUT2D eigenvalue weighted by Crippen LogP contribution is 2.27. The Morgan fingerprint density at radius 1 is 1.04 bits per heavy atom. The Morgan fingerprint density at radius 2 is 1.74 bits per heavy atom. The van der Waals surface area contributed by atoms with Crippen LogP contribution in [0, 0.1) is 6.92 Å². The van der Waals surface area contributed by atoms with Gasteiger partial charge in [0.25, 0.3) is 0 Å². The number of nitrogens with one attached hydrogen (secondary N) is 1. The van der Waals surface area contributed by atoms with Crippen LogP contribution < -0.4 is 5.32 Å². The number of rotatable bonds is 7. The van der Waals surface area contributed by atoms with E-state index in [0.717, 1.165) is 12.1 Å². The van der Waals surface area contributed by atoms with Crippen LogP contribution in [0.1, 0.15) is 29.5 Å². The highest BCUT2D eigenvalue weighted by Gasteiger charge is 2.30. The van der Waals surface area contributed by atoms with Gasteiger partial charge in [0.15, 0.2) is 0 Å². The molecule has 2 aromatic carbocycles. The number of hydrogen-bond acceptors (Lipinski definition) is 2. The van der Waals surface area contributed by atoms with Crippen molar-refractivity contribution in [3.8, 4) is 0 Å². The first-order valence-electron chi connectivity index (χ1n) is 8.31. The minimum atomic E-state index is 0.105. The summed E-state index contributed by atoms with van der Waals surface area (Å²) in [6.07, 6.45) is 2.41. The maximum atomic E-state index is 12.3. The summed E-state index contributed by atoms with van der Waals surface area (Å²) in [7, 11) is 0. The van der Waals surface area contributed by atoms with Crippen LogP contribution in [-0.4, -0.2) is 23.4 Å². The van der Waals surface area contributed by atoms with Crippen LogP contribution in [0.3, 0.4) is 0 Å². The van der Waals surface area contributed by atoms with E-state index in [1.807, 2.05) is 6.07 Å². The zero-order chi connectivity index (χ0) is 16.1. The van der Waals surface area contributed by atoms with Gasteiger partial charge >= 0.3 is 0 Å². The number of hydrogen-bond donors (Lipinski definition) is 1. The summed E-state index contributed by atoms with van der Waals surface area (Å²) in [6.45, 7) is 4.00. The second-order valence-electron chi connectivity index (χ2n) is 6.38. The molecule has 1 N–H and O–H groups in total. The molecule has 0 aromatic heterocycles. The van der Waals surface area contributed by atoms with Crippen LogP contribution >= 0.6 is 0 Å². The lowest BCUT2D eigenvalue weighted by molar-refractivity contribution is -0.122. The molecule has 0 saturated heterocycles. The fourth-order valence-electron chi connectivity index (χ4n) is 2.72. The molecule has 3 rings (SSSR count). The summed E-state index contributed by atoms with van der Waals surface area (Å²) in [5.74, 6) is 0.105. The minimum Gasteiger partial charge on any atom is -0.351 e. The van der Waals surface area contributed by atoms with Gasteiger partial charge < -0.3 is 5.32 Å². The largest absolute Gasteiger partial charge is 0.351 e. The lowest BCUT2D eigenvalue weighted by atomic mass is 10.1. The van der Waals surface area contributed by atoms with Crippen molar-refractivity contribution in [1.82, 2.24) is 10.2 Å². The fourth-order valence-corrected chi connectivity index (χ4v) is 2.72. The molecule has 1 saturated carbocycles. The molecule has 1 aliphatic rings. The first-order chi connectivity index (χ1) is 11.2. The van der Waals surface area contributed by atoms with Crippen LogP contribution in [-0.2, 0) is 17.9 Å². The molecule has 3 nitrogen and oxygen atoms in total. The van der Waals surface area contributed by atoms with Gasteiger partial charge in [0.2, 0.25) is 5.91 Å². The SMILES string of the molecule is Cc1ccc(CNC(=O)CN(Cc2ccccc2)C2CC2)cc1. The predicted molar refractivity (Wildman–Crippen MR) is 92.9 cm³/mol. The van der Waals surface area contributed by atoms with Crippen molar-refractivity contribution < 1.29 is 4.79 Å². The zero-order valence-electron chi connectivity index (χ0n) is 13.7. The zero-order valence-corrected chi connectivity index (χ0v) is 13.7. The second kappa shape index (κ2) is 7.42. The van der Waals surface area contributed by atoms with Crippen LogP contribution in [0.2, 0.25) is 0 Å². The Labute approximate surface area is 138 Å². The number of amides is 1. The molecule has 1 amide bonds. The summed E-state index contributed by atoms with van der Waals surface area (Å²) in [5.41, 5.74) is 3.65. The highest BCUT2D eigenvalue weighted by molar-refractivity contribution is 5.78.